The van der Waals surface area contributed by atoms with Gasteiger partial charge in [0.15, 0.2) is 4.67 Å². The Labute approximate surface area is 102 Å². The normalized spacial score (nSPS) is 10.1. The number of ether oxygens (including phenoxy) is 2. The van der Waals surface area contributed by atoms with Crippen LogP contribution in [0.2, 0.25) is 0 Å². The van der Waals surface area contributed by atoms with Crippen LogP contribution < -0.4 is 9.47 Å². The number of halogens is 1. The van der Waals surface area contributed by atoms with Crippen LogP contribution in [0, 0.1) is 0 Å². The first kappa shape index (κ1) is 11.1. The van der Waals surface area contributed by atoms with E-state index in [-0.39, 0.29) is 0 Å². The van der Waals surface area contributed by atoms with Crippen molar-refractivity contribution in [3.8, 4) is 11.5 Å². The Balaban J connectivity index is 1.94. The van der Waals surface area contributed by atoms with Gasteiger partial charge in [0.25, 0.3) is 0 Å². The Morgan fingerprint density at radius 3 is 2.44 bits per heavy atom. The molecule has 0 atom stereocenters. The number of rotatable bonds is 4. The van der Waals surface area contributed by atoms with E-state index in [1.165, 1.54) is 0 Å². The Morgan fingerprint density at radius 1 is 1.19 bits per heavy atom. The minimum atomic E-state index is 0.488. The number of hydrogen-bond acceptors (Lipinski definition) is 3. The zero-order valence-electron chi connectivity index (χ0n) is 8.77. The van der Waals surface area contributed by atoms with Crippen molar-refractivity contribution in [1.82, 2.24) is 0 Å². The highest BCUT2D eigenvalue weighted by atomic mass is 79.9. The third-order valence-corrected chi connectivity index (χ3v) is 2.50. The molecule has 3 nitrogen and oxygen atoms in total. The number of hydrogen-bond donors (Lipinski definition) is 0. The first-order valence-corrected chi connectivity index (χ1v) is 5.57. The fourth-order valence-electron chi connectivity index (χ4n) is 1.26. The fraction of sp³-hybridized carbons (Fsp3) is 0.167. The smallest absolute Gasteiger partial charge is 0.169 e. The van der Waals surface area contributed by atoms with Crippen LogP contribution in [0.15, 0.2) is 45.7 Å². The summed E-state index contributed by atoms with van der Waals surface area (Å²) in [5.74, 6) is 1.62. The van der Waals surface area contributed by atoms with E-state index < -0.39 is 0 Å². The molecule has 1 aromatic heterocycles. The van der Waals surface area contributed by atoms with E-state index in [4.69, 9.17) is 13.9 Å². The lowest BCUT2D eigenvalue weighted by Crippen LogP contribution is -1.93. The summed E-state index contributed by atoms with van der Waals surface area (Å²) in [6.07, 6.45) is 1.66. The van der Waals surface area contributed by atoms with Crippen molar-refractivity contribution in [1.29, 1.82) is 0 Å². The molecule has 1 aromatic carbocycles. The predicted molar refractivity (Wildman–Crippen MR) is 63.7 cm³/mol. The molecule has 0 amide bonds. The highest BCUT2D eigenvalue weighted by molar-refractivity contribution is 9.10. The van der Waals surface area contributed by atoms with Crippen molar-refractivity contribution in [2.24, 2.45) is 0 Å². The molecule has 2 rings (SSSR count). The van der Waals surface area contributed by atoms with Gasteiger partial charge in [0, 0.05) is 5.56 Å². The number of methoxy groups -OCH3 is 1. The lowest BCUT2D eigenvalue weighted by atomic mass is 10.3. The maximum Gasteiger partial charge on any atom is 0.169 e. The van der Waals surface area contributed by atoms with Crippen molar-refractivity contribution in [2.45, 2.75) is 6.61 Å². The second kappa shape index (κ2) is 5.07. The SMILES string of the molecule is COc1ccc(OCc2coc(Br)c2)cc1. The first-order valence-electron chi connectivity index (χ1n) is 4.77. The minimum Gasteiger partial charge on any atom is -0.497 e. The van der Waals surface area contributed by atoms with E-state index in [0.29, 0.717) is 11.3 Å². The summed E-state index contributed by atoms with van der Waals surface area (Å²) in [4.78, 5) is 0. The molecular formula is C12H11BrO3. The number of benzene rings is 1. The van der Waals surface area contributed by atoms with E-state index in [9.17, 15) is 0 Å². The van der Waals surface area contributed by atoms with Crippen molar-refractivity contribution >= 4 is 15.9 Å². The van der Waals surface area contributed by atoms with Gasteiger partial charge in [-0.25, -0.2) is 0 Å². The summed E-state index contributed by atoms with van der Waals surface area (Å²) in [5.41, 5.74) is 0.989. The van der Waals surface area contributed by atoms with Crippen LogP contribution in [-0.2, 0) is 6.61 Å². The molecule has 4 heteroatoms. The summed E-state index contributed by atoms with van der Waals surface area (Å²) in [7, 11) is 1.64. The molecule has 1 heterocycles. The summed E-state index contributed by atoms with van der Waals surface area (Å²) in [6.45, 7) is 0.488. The van der Waals surface area contributed by atoms with Crippen LogP contribution >= 0.6 is 15.9 Å². The van der Waals surface area contributed by atoms with Crippen molar-refractivity contribution in [3.63, 3.8) is 0 Å². The monoisotopic (exact) mass is 282 g/mol. The molecule has 84 valence electrons. The van der Waals surface area contributed by atoms with Crippen molar-refractivity contribution in [2.75, 3.05) is 7.11 Å². The van der Waals surface area contributed by atoms with E-state index in [0.717, 1.165) is 17.1 Å². The standard InChI is InChI=1S/C12H11BrO3/c1-14-10-2-4-11(5-3-10)15-7-9-6-12(13)16-8-9/h2-6,8H,7H2,1H3. The second-order valence-corrected chi connectivity index (χ2v) is 4.00. The Kier molecular flexibility index (Phi) is 3.51. The lowest BCUT2D eigenvalue weighted by molar-refractivity contribution is 0.304. The molecule has 0 radical (unpaired) electrons. The third kappa shape index (κ3) is 2.79. The topological polar surface area (TPSA) is 31.6 Å². The summed E-state index contributed by atoms with van der Waals surface area (Å²) >= 11 is 3.24. The largest absolute Gasteiger partial charge is 0.497 e. The molecule has 0 aliphatic heterocycles. The molecule has 0 saturated heterocycles. The zero-order chi connectivity index (χ0) is 11.4. The molecule has 16 heavy (non-hydrogen) atoms. The van der Waals surface area contributed by atoms with Crippen LogP contribution in [0.25, 0.3) is 0 Å². The molecule has 2 aromatic rings. The van der Waals surface area contributed by atoms with E-state index in [1.807, 2.05) is 30.3 Å². The van der Waals surface area contributed by atoms with E-state index >= 15 is 0 Å². The van der Waals surface area contributed by atoms with Gasteiger partial charge in [-0.15, -0.1) is 0 Å². The second-order valence-electron chi connectivity index (χ2n) is 3.22. The maximum atomic E-state index is 5.57. The maximum absolute atomic E-state index is 5.57. The van der Waals surface area contributed by atoms with Crippen LogP contribution in [0.3, 0.4) is 0 Å². The summed E-state index contributed by atoms with van der Waals surface area (Å²) in [5, 5.41) is 0. The van der Waals surface area contributed by atoms with Gasteiger partial charge in [0.1, 0.15) is 18.1 Å². The summed E-state index contributed by atoms with van der Waals surface area (Å²) in [6, 6.07) is 9.34. The fourth-order valence-corrected chi connectivity index (χ4v) is 1.65. The van der Waals surface area contributed by atoms with Crippen LogP contribution in [0.1, 0.15) is 5.56 Å². The minimum absolute atomic E-state index is 0.488. The van der Waals surface area contributed by atoms with Gasteiger partial charge in [-0.3, -0.25) is 0 Å². The quantitative estimate of drug-likeness (QED) is 0.858. The third-order valence-electron chi connectivity index (χ3n) is 2.09. The molecule has 0 saturated carbocycles. The molecule has 0 aliphatic rings. The molecular weight excluding hydrogens is 272 g/mol. The van der Waals surface area contributed by atoms with Crippen molar-refractivity contribution < 1.29 is 13.9 Å². The van der Waals surface area contributed by atoms with Gasteiger partial charge in [-0.05, 0) is 46.3 Å². The molecule has 0 N–H and O–H groups in total. The molecule has 0 bridgehead atoms. The lowest BCUT2D eigenvalue weighted by Gasteiger charge is -2.05. The average molecular weight is 283 g/mol. The Morgan fingerprint density at radius 2 is 1.88 bits per heavy atom. The van der Waals surface area contributed by atoms with Crippen LogP contribution in [-0.4, -0.2) is 7.11 Å². The molecule has 0 fully saturated rings. The van der Waals surface area contributed by atoms with Crippen molar-refractivity contribution in [3.05, 3.63) is 46.8 Å². The Bertz CT molecular complexity index is 448. The van der Waals surface area contributed by atoms with Gasteiger partial charge in [0.2, 0.25) is 0 Å². The number of furan rings is 1. The first-order chi connectivity index (χ1) is 7.78. The zero-order valence-corrected chi connectivity index (χ0v) is 10.4. The van der Waals surface area contributed by atoms with Gasteiger partial charge >= 0.3 is 0 Å². The van der Waals surface area contributed by atoms with Gasteiger partial charge in [-0.1, -0.05) is 0 Å². The predicted octanol–water partition coefficient (Wildman–Crippen LogP) is 3.63. The Hall–Kier alpha value is -1.42. The van der Waals surface area contributed by atoms with Gasteiger partial charge < -0.3 is 13.9 Å². The molecule has 0 unspecified atom stereocenters. The average Bonchev–Trinajstić information content (AvgIpc) is 2.73. The highest BCUT2D eigenvalue weighted by Gasteiger charge is 2.00. The summed E-state index contributed by atoms with van der Waals surface area (Å²) < 4.78 is 16.4. The van der Waals surface area contributed by atoms with E-state index in [2.05, 4.69) is 15.9 Å². The molecule has 0 aliphatic carbocycles. The molecule has 0 spiro atoms. The van der Waals surface area contributed by atoms with Gasteiger partial charge in [0.05, 0.1) is 13.4 Å². The van der Waals surface area contributed by atoms with Gasteiger partial charge in [-0.2, -0.15) is 0 Å². The van der Waals surface area contributed by atoms with Crippen LogP contribution in [0.4, 0.5) is 0 Å². The van der Waals surface area contributed by atoms with E-state index in [1.54, 1.807) is 13.4 Å². The highest BCUT2D eigenvalue weighted by Crippen LogP contribution is 2.19. The van der Waals surface area contributed by atoms with Crippen LogP contribution in [0.5, 0.6) is 11.5 Å².